The molecule has 2 aromatic carbocycles. The van der Waals surface area contributed by atoms with Crippen LogP contribution in [0.25, 0.3) is 0 Å². The second-order valence-electron chi connectivity index (χ2n) is 7.72. The Balaban J connectivity index is 1.72. The smallest absolute Gasteiger partial charge is 0.243 e. The fourth-order valence-corrected chi connectivity index (χ4v) is 5.77. The summed E-state index contributed by atoms with van der Waals surface area (Å²) in [5.74, 6) is 0.128. The van der Waals surface area contributed by atoms with Crippen molar-refractivity contribution in [2.45, 2.75) is 39.0 Å². The maximum Gasteiger partial charge on any atom is 0.243 e. The fraction of sp³-hybridized carbons (Fsp3) is 0.409. The van der Waals surface area contributed by atoms with Crippen LogP contribution in [-0.2, 0) is 21.2 Å². The number of hydrogen-bond acceptors (Lipinski definition) is 4. The predicted octanol–water partition coefficient (Wildman–Crippen LogP) is 2.70. The lowest BCUT2D eigenvalue weighted by molar-refractivity contribution is -0.131. The summed E-state index contributed by atoms with van der Waals surface area (Å²) in [5.41, 5.74) is 4.34. The minimum atomic E-state index is -3.61. The second kappa shape index (κ2) is 8.16. The van der Waals surface area contributed by atoms with Crippen LogP contribution in [0.5, 0.6) is 5.75 Å². The van der Waals surface area contributed by atoms with E-state index in [1.165, 1.54) is 4.31 Å². The first-order chi connectivity index (χ1) is 13.6. The van der Waals surface area contributed by atoms with E-state index in [0.717, 1.165) is 27.8 Å². The summed E-state index contributed by atoms with van der Waals surface area (Å²) < 4.78 is 28.2. The van der Waals surface area contributed by atoms with Crippen molar-refractivity contribution >= 4 is 15.9 Å². The summed E-state index contributed by atoms with van der Waals surface area (Å²) in [6.07, 6.45) is 0.238. The molecule has 0 radical (unpaired) electrons. The normalized spacial score (nSPS) is 15.5. The number of piperazine rings is 1. The van der Waals surface area contributed by atoms with Crippen LogP contribution < -0.4 is 0 Å². The summed E-state index contributed by atoms with van der Waals surface area (Å²) in [4.78, 5) is 14.7. The van der Waals surface area contributed by atoms with Gasteiger partial charge in [-0.2, -0.15) is 4.31 Å². The van der Waals surface area contributed by atoms with Crippen molar-refractivity contribution in [1.82, 2.24) is 9.21 Å². The quantitative estimate of drug-likeness (QED) is 0.831. The molecule has 1 amide bonds. The number of aryl methyl sites for hydroxylation is 2. The predicted molar refractivity (Wildman–Crippen MR) is 113 cm³/mol. The molecular weight excluding hydrogens is 388 g/mol. The van der Waals surface area contributed by atoms with E-state index in [1.54, 1.807) is 29.2 Å². The Bertz CT molecular complexity index is 996. The van der Waals surface area contributed by atoms with Crippen LogP contribution in [-0.4, -0.2) is 54.8 Å². The largest absolute Gasteiger partial charge is 0.508 e. The van der Waals surface area contributed by atoms with Crippen molar-refractivity contribution in [3.8, 4) is 5.75 Å². The monoisotopic (exact) mass is 416 g/mol. The molecule has 3 rings (SSSR count). The minimum absolute atomic E-state index is 0.0356. The minimum Gasteiger partial charge on any atom is -0.508 e. The molecule has 0 saturated carbocycles. The number of amides is 1. The Hall–Kier alpha value is -2.38. The summed E-state index contributed by atoms with van der Waals surface area (Å²) >= 11 is 0. The molecule has 1 aliphatic rings. The molecule has 7 heteroatoms. The number of benzene rings is 2. The molecule has 156 valence electrons. The molecule has 0 atom stereocenters. The maximum absolute atomic E-state index is 13.3. The van der Waals surface area contributed by atoms with Gasteiger partial charge in [0.05, 0.1) is 11.3 Å². The van der Waals surface area contributed by atoms with E-state index < -0.39 is 10.0 Å². The van der Waals surface area contributed by atoms with Gasteiger partial charge in [0, 0.05) is 26.2 Å². The number of aromatic hydroxyl groups is 1. The van der Waals surface area contributed by atoms with Crippen LogP contribution in [0, 0.1) is 27.7 Å². The van der Waals surface area contributed by atoms with Crippen molar-refractivity contribution in [3.05, 3.63) is 58.1 Å². The third-order valence-electron chi connectivity index (χ3n) is 5.78. The van der Waals surface area contributed by atoms with E-state index in [2.05, 4.69) is 0 Å². The van der Waals surface area contributed by atoms with Crippen molar-refractivity contribution < 1.29 is 18.3 Å². The Morgan fingerprint density at radius 2 is 1.45 bits per heavy atom. The first-order valence-electron chi connectivity index (χ1n) is 9.74. The third kappa shape index (κ3) is 4.31. The highest BCUT2D eigenvalue weighted by atomic mass is 32.2. The van der Waals surface area contributed by atoms with E-state index >= 15 is 0 Å². The topological polar surface area (TPSA) is 77.9 Å². The summed E-state index contributed by atoms with van der Waals surface area (Å²) in [6.45, 7) is 8.89. The van der Waals surface area contributed by atoms with Gasteiger partial charge in [0.25, 0.3) is 0 Å². The molecule has 2 aromatic rings. The standard InChI is InChI=1S/C22H28N2O4S/c1-15-13-16(2)18(4)22(17(15)3)29(27,28)24-11-9-23(10-12-24)21(26)14-19-5-7-20(25)8-6-19/h5-8,13,25H,9-12,14H2,1-4H3. The summed E-state index contributed by atoms with van der Waals surface area (Å²) in [6, 6.07) is 8.58. The highest BCUT2D eigenvalue weighted by molar-refractivity contribution is 7.89. The van der Waals surface area contributed by atoms with Gasteiger partial charge in [0.15, 0.2) is 0 Å². The Kier molecular flexibility index (Phi) is 6.00. The molecule has 1 heterocycles. The van der Waals surface area contributed by atoms with E-state index in [1.807, 2.05) is 33.8 Å². The average molecular weight is 417 g/mol. The Morgan fingerprint density at radius 3 is 1.97 bits per heavy atom. The van der Waals surface area contributed by atoms with Gasteiger partial charge in [-0.3, -0.25) is 4.79 Å². The summed E-state index contributed by atoms with van der Waals surface area (Å²) in [5, 5.41) is 9.35. The zero-order valence-corrected chi connectivity index (χ0v) is 18.2. The van der Waals surface area contributed by atoms with Gasteiger partial charge in [-0.25, -0.2) is 8.42 Å². The van der Waals surface area contributed by atoms with E-state index in [4.69, 9.17) is 0 Å². The first-order valence-corrected chi connectivity index (χ1v) is 11.2. The first kappa shape index (κ1) is 21.3. The molecule has 29 heavy (non-hydrogen) atoms. The molecule has 0 aromatic heterocycles. The van der Waals surface area contributed by atoms with Gasteiger partial charge in [0.2, 0.25) is 15.9 Å². The Morgan fingerprint density at radius 1 is 0.931 bits per heavy atom. The van der Waals surface area contributed by atoms with E-state index in [0.29, 0.717) is 18.0 Å². The van der Waals surface area contributed by atoms with Gasteiger partial charge in [-0.1, -0.05) is 18.2 Å². The highest BCUT2D eigenvalue weighted by Gasteiger charge is 2.32. The van der Waals surface area contributed by atoms with Gasteiger partial charge in [-0.05, 0) is 67.6 Å². The van der Waals surface area contributed by atoms with Crippen molar-refractivity contribution in [3.63, 3.8) is 0 Å². The van der Waals surface area contributed by atoms with E-state index in [9.17, 15) is 18.3 Å². The van der Waals surface area contributed by atoms with E-state index in [-0.39, 0.29) is 31.2 Å². The number of rotatable bonds is 4. The third-order valence-corrected chi connectivity index (χ3v) is 7.95. The van der Waals surface area contributed by atoms with Gasteiger partial charge >= 0.3 is 0 Å². The van der Waals surface area contributed by atoms with Crippen molar-refractivity contribution in [2.75, 3.05) is 26.2 Å². The van der Waals surface area contributed by atoms with Gasteiger partial charge in [0.1, 0.15) is 5.75 Å². The maximum atomic E-state index is 13.3. The molecule has 1 saturated heterocycles. The van der Waals surface area contributed by atoms with Crippen molar-refractivity contribution in [2.24, 2.45) is 0 Å². The highest BCUT2D eigenvalue weighted by Crippen LogP contribution is 2.29. The molecule has 6 nitrogen and oxygen atoms in total. The van der Waals surface area contributed by atoms with Gasteiger partial charge < -0.3 is 10.0 Å². The van der Waals surface area contributed by atoms with Crippen LogP contribution in [0.2, 0.25) is 0 Å². The zero-order valence-electron chi connectivity index (χ0n) is 17.4. The average Bonchev–Trinajstić information content (AvgIpc) is 2.68. The second-order valence-corrected chi connectivity index (χ2v) is 9.59. The SMILES string of the molecule is Cc1cc(C)c(C)c(S(=O)(=O)N2CCN(C(=O)Cc3ccc(O)cc3)CC2)c1C. The fourth-order valence-electron chi connectivity index (χ4n) is 3.77. The molecule has 0 aliphatic carbocycles. The number of carbonyl (C=O) groups is 1. The zero-order chi connectivity index (χ0) is 21.3. The lowest BCUT2D eigenvalue weighted by Gasteiger charge is -2.35. The molecule has 0 bridgehead atoms. The van der Waals surface area contributed by atoms with Gasteiger partial charge in [-0.15, -0.1) is 0 Å². The van der Waals surface area contributed by atoms with Crippen LogP contribution in [0.1, 0.15) is 27.8 Å². The van der Waals surface area contributed by atoms with Crippen LogP contribution in [0.15, 0.2) is 35.2 Å². The van der Waals surface area contributed by atoms with Crippen LogP contribution >= 0.6 is 0 Å². The number of sulfonamides is 1. The lowest BCUT2D eigenvalue weighted by atomic mass is 10.0. The lowest BCUT2D eigenvalue weighted by Crippen LogP contribution is -2.51. The molecule has 0 unspecified atom stereocenters. The molecule has 1 aliphatic heterocycles. The number of carbonyl (C=O) groups excluding carboxylic acids is 1. The number of phenolic OH excluding ortho intramolecular Hbond substituents is 1. The number of hydrogen-bond donors (Lipinski definition) is 1. The molecular formula is C22H28N2O4S. The van der Waals surface area contributed by atoms with Crippen molar-refractivity contribution in [1.29, 1.82) is 0 Å². The van der Waals surface area contributed by atoms with Crippen LogP contribution in [0.3, 0.4) is 0 Å². The number of phenols is 1. The summed E-state index contributed by atoms with van der Waals surface area (Å²) in [7, 11) is -3.61. The number of nitrogens with zero attached hydrogens (tertiary/aromatic N) is 2. The molecule has 1 N–H and O–H groups in total. The molecule has 0 spiro atoms. The molecule has 1 fully saturated rings. The van der Waals surface area contributed by atoms with Crippen LogP contribution in [0.4, 0.5) is 0 Å². The Labute approximate surface area is 172 Å².